The lowest BCUT2D eigenvalue weighted by atomic mass is 9.80. The highest BCUT2D eigenvalue weighted by atomic mass is 31.2. The number of carbonyl (C=O) groups excluding carboxylic acids is 2. The molecule has 0 spiro atoms. The SMILES string of the molecule is COc1ccc(C(OC[C@@H]2O[C@H](N3C[C@H](C)C(=O)NC3=O)C[C@H]2OP(OCCC#N)N(C(C)C)C(C)C)(c2ccccc2)c2ccc(OC)cc2)cc1. The average Bonchev–Trinajstić information content (AvgIpc) is 3.56. The summed E-state index contributed by atoms with van der Waals surface area (Å²) in [5, 5.41) is 11.8. The maximum absolute atomic E-state index is 13.2. The zero-order chi connectivity index (χ0) is 38.1. The number of hydrogen-bond donors (Lipinski definition) is 1. The van der Waals surface area contributed by atoms with Gasteiger partial charge in [-0.1, -0.05) is 61.5 Å². The van der Waals surface area contributed by atoms with Crippen molar-refractivity contribution < 1.29 is 37.6 Å². The second kappa shape index (κ2) is 18.3. The van der Waals surface area contributed by atoms with E-state index in [9.17, 15) is 14.9 Å². The van der Waals surface area contributed by atoms with Gasteiger partial charge < -0.3 is 28.0 Å². The minimum atomic E-state index is -1.65. The number of benzene rings is 3. The fourth-order valence-electron chi connectivity index (χ4n) is 6.85. The smallest absolute Gasteiger partial charge is 0.326 e. The number of nitrogens with zero attached hydrogens (tertiary/aromatic N) is 3. The molecule has 2 aliphatic heterocycles. The van der Waals surface area contributed by atoms with Gasteiger partial charge >= 0.3 is 6.03 Å². The normalized spacial score (nSPS) is 21.2. The average molecular weight is 747 g/mol. The molecule has 3 aromatic rings. The third-order valence-corrected chi connectivity index (χ3v) is 11.6. The molecule has 1 N–H and O–H groups in total. The Balaban J connectivity index is 1.57. The molecule has 2 saturated heterocycles. The van der Waals surface area contributed by atoms with E-state index in [0.29, 0.717) is 17.9 Å². The Labute approximate surface area is 314 Å². The van der Waals surface area contributed by atoms with Crippen molar-refractivity contribution in [2.24, 2.45) is 5.92 Å². The van der Waals surface area contributed by atoms with E-state index < -0.39 is 44.5 Å². The number of methoxy groups -OCH3 is 2. The maximum Gasteiger partial charge on any atom is 0.326 e. The molecule has 12 nitrogen and oxygen atoms in total. The van der Waals surface area contributed by atoms with E-state index in [-0.39, 0.29) is 44.2 Å². The third kappa shape index (κ3) is 9.18. The van der Waals surface area contributed by atoms with E-state index >= 15 is 0 Å². The number of imide groups is 1. The van der Waals surface area contributed by atoms with Crippen LogP contribution in [-0.2, 0) is 28.9 Å². The number of urea groups is 1. The molecule has 0 radical (unpaired) electrons. The molecule has 0 saturated carbocycles. The van der Waals surface area contributed by atoms with Crippen LogP contribution in [0.25, 0.3) is 0 Å². The first-order valence-electron chi connectivity index (χ1n) is 18.0. The van der Waals surface area contributed by atoms with Crippen LogP contribution in [0.15, 0.2) is 78.9 Å². The first-order valence-corrected chi connectivity index (χ1v) is 19.2. The first kappa shape index (κ1) is 40.1. The van der Waals surface area contributed by atoms with Gasteiger partial charge in [-0.05, 0) is 68.7 Å². The second-order valence-corrected chi connectivity index (χ2v) is 15.1. The number of hydrogen-bond acceptors (Lipinski definition) is 10. The highest BCUT2D eigenvalue weighted by Crippen LogP contribution is 2.50. The Morgan fingerprint density at radius 1 is 0.925 bits per heavy atom. The Kier molecular flexibility index (Phi) is 13.9. The topological polar surface area (TPSA) is 132 Å². The van der Waals surface area contributed by atoms with Crippen molar-refractivity contribution in [3.8, 4) is 17.6 Å². The van der Waals surface area contributed by atoms with Gasteiger partial charge in [-0.2, -0.15) is 5.26 Å². The number of amides is 3. The standard InChI is InChI=1S/C40H51N4O8P/c1-27(2)44(28(3)4)53(50-23-11-22-41)52-35-24-37(43-25-29(5)38(45)42-39(43)46)51-36(35)26-49-40(30-12-9-8-10-13-30,31-14-18-33(47-6)19-15-31)32-16-20-34(48-7)21-17-32/h8-10,12-21,27-29,35-37H,11,23-26H2,1-7H3,(H,42,45,46)/t29-,35+,36-,37-,53?/m0/s1. The summed E-state index contributed by atoms with van der Waals surface area (Å²) in [6.45, 7) is 10.6. The molecule has 0 bridgehead atoms. The minimum absolute atomic E-state index is 0.0583. The highest BCUT2D eigenvalue weighted by Gasteiger charge is 2.47. The van der Waals surface area contributed by atoms with Gasteiger partial charge in [0.1, 0.15) is 29.4 Å². The summed E-state index contributed by atoms with van der Waals surface area (Å²) in [6, 6.07) is 27.4. The molecule has 0 aromatic heterocycles. The third-order valence-electron chi connectivity index (χ3n) is 9.46. The number of nitriles is 1. The fourth-order valence-corrected chi connectivity index (χ4v) is 8.61. The lowest BCUT2D eigenvalue weighted by Gasteiger charge is -2.39. The van der Waals surface area contributed by atoms with E-state index in [1.54, 1.807) is 26.0 Å². The lowest BCUT2D eigenvalue weighted by molar-refractivity contribution is -0.130. The Morgan fingerprint density at radius 3 is 2.02 bits per heavy atom. The number of ether oxygens (including phenoxy) is 4. The Hall–Kier alpha value is -4.08. The molecule has 2 heterocycles. The van der Waals surface area contributed by atoms with Crippen LogP contribution in [0, 0.1) is 17.2 Å². The summed E-state index contributed by atoms with van der Waals surface area (Å²) in [5.41, 5.74) is 1.48. The minimum Gasteiger partial charge on any atom is -0.497 e. The predicted molar refractivity (Wildman–Crippen MR) is 201 cm³/mol. The number of rotatable bonds is 17. The van der Waals surface area contributed by atoms with Crippen molar-refractivity contribution in [3.63, 3.8) is 0 Å². The molecule has 2 fully saturated rings. The van der Waals surface area contributed by atoms with Gasteiger partial charge in [-0.3, -0.25) is 15.0 Å². The van der Waals surface area contributed by atoms with E-state index in [0.717, 1.165) is 16.7 Å². The van der Waals surface area contributed by atoms with Crippen LogP contribution >= 0.6 is 8.53 Å². The Bertz CT molecular complexity index is 1630. The quantitative estimate of drug-likeness (QED) is 0.0877. The number of nitrogens with one attached hydrogen (secondary N) is 1. The first-order chi connectivity index (χ1) is 25.5. The second-order valence-electron chi connectivity index (χ2n) is 13.7. The van der Waals surface area contributed by atoms with Crippen molar-refractivity contribution in [2.45, 2.75) is 83.6 Å². The van der Waals surface area contributed by atoms with Crippen LogP contribution in [0.4, 0.5) is 4.79 Å². The van der Waals surface area contributed by atoms with Gasteiger partial charge in [-0.25, -0.2) is 9.46 Å². The summed E-state index contributed by atoms with van der Waals surface area (Å²) < 4.78 is 40.3. The van der Waals surface area contributed by atoms with Crippen molar-refractivity contribution in [2.75, 3.05) is 34.0 Å². The summed E-state index contributed by atoms with van der Waals surface area (Å²) >= 11 is 0. The molecule has 53 heavy (non-hydrogen) atoms. The lowest BCUT2D eigenvalue weighted by Crippen LogP contribution is -2.57. The van der Waals surface area contributed by atoms with Crippen LogP contribution in [0.5, 0.6) is 11.5 Å². The summed E-state index contributed by atoms with van der Waals surface area (Å²) in [7, 11) is 1.61. The van der Waals surface area contributed by atoms with Crippen molar-refractivity contribution in [1.82, 2.24) is 14.9 Å². The van der Waals surface area contributed by atoms with Gasteiger partial charge in [-0.15, -0.1) is 0 Å². The fraction of sp³-hybridized carbons (Fsp3) is 0.475. The highest BCUT2D eigenvalue weighted by molar-refractivity contribution is 7.44. The van der Waals surface area contributed by atoms with Crippen LogP contribution in [-0.4, -0.2) is 86.0 Å². The van der Waals surface area contributed by atoms with Crippen LogP contribution in [0.1, 0.15) is 64.2 Å². The molecule has 0 aliphatic carbocycles. The molecule has 3 amide bonds. The van der Waals surface area contributed by atoms with Gasteiger partial charge in [0.05, 0.1) is 51.9 Å². The van der Waals surface area contributed by atoms with E-state index in [4.69, 9.17) is 28.0 Å². The molecule has 3 aromatic carbocycles. The van der Waals surface area contributed by atoms with Crippen molar-refractivity contribution >= 4 is 20.5 Å². The van der Waals surface area contributed by atoms with E-state index in [1.807, 2.05) is 78.9 Å². The van der Waals surface area contributed by atoms with Gasteiger partial charge in [0, 0.05) is 25.0 Å². The molecular formula is C40H51N4O8P. The molecule has 5 atom stereocenters. The summed E-state index contributed by atoms with van der Waals surface area (Å²) in [5.74, 6) is 0.684. The van der Waals surface area contributed by atoms with Gasteiger partial charge in [0.2, 0.25) is 5.91 Å². The molecule has 284 valence electrons. The summed E-state index contributed by atoms with van der Waals surface area (Å²) in [4.78, 5) is 27.1. The van der Waals surface area contributed by atoms with Crippen LogP contribution < -0.4 is 14.8 Å². The molecule has 2 aliphatic rings. The zero-order valence-corrected chi connectivity index (χ0v) is 32.5. The van der Waals surface area contributed by atoms with E-state index in [2.05, 4.69) is 43.8 Å². The zero-order valence-electron chi connectivity index (χ0n) is 31.6. The maximum atomic E-state index is 13.2. The molecule has 13 heteroatoms. The predicted octanol–water partition coefficient (Wildman–Crippen LogP) is 6.98. The monoisotopic (exact) mass is 746 g/mol. The van der Waals surface area contributed by atoms with Gasteiger partial charge in [0.15, 0.2) is 0 Å². The van der Waals surface area contributed by atoms with Gasteiger partial charge in [0.25, 0.3) is 8.53 Å². The van der Waals surface area contributed by atoms with Crippen LogP contribution in [0.2, 0.25) is 0 Å². The molecular weight excluding hydrogens is 695 g/mol. The van der Waals surface area contributed by atoms with E-state index in [1.165, 1.54) is 0 Å². The summed E-state index contributed by atoms with van der Waals surface area (Å²) in [6.07, 6.45) is -1.40. The van der Waals surface area contributed by atoms with Crippen LogP contribution in [0.3, 0.4) is 0 Å². The molecule has 5 rings (SSSR count). The molecule has 1 unspecified atom stereocenters. The van der Waals surface area contributed by atoms with Crippen molar-refractivity contribution in [3.05, 3.63) is 95.6 Å². The number of carbonyl (C=O) groups is 2. The largest absolute Gasteiger partial charge is 0.497 e. The van der Waals surface area contributed by atoms with Crippen molar-refractivity contribution in [1.29, 1.82) is 5.26 Å². The Morgan fingerprint density at radius 2 is 1.49 bits per heavy atom.